The second kappa shape index (κ2) is 6.54. The van der Waals surface area contributed by atoms with E-state index in [-0.39, 0.29) is 12.1 Å². The maximum Gasteiger partial charge on any atom is 0.261 e. The Hall–Kier alpha value is -3.14. The van der Waals surface area contributed by atoms with Crippen LogP contribution < -0.4 is 10.2 Å². The number of benzene rings is 2. The minimum atomic E-state index is -0.289. The van der Waals surface area contributed by atoms with Gasteiger partial charge in [-0.2, -0.15) is 0 Å². The van der Waals surface area contributed by atoms with Gasteiger partial charge in [0.2, 0.25) is 0 Å². The van der Waals surface area contributed by atoms with Crippen molar-refractivity contribution in [3.63, 3.8) is 0 Å². The van der Waals surface area contributed by atoms with E-state index in [1.807, 2.05) is 43.3 Å². The van der Waals surface area contributed by atoms with Crippen LogP contribution in [0.1, 0.15) is 44.3 Å². The first-order valence-corrected chi connectivity index (χ1v) is 9.15. The largest absolute Gasteiger partial charge is 0.361 e. The number of hydrogen-bond acceptors (Lipinski definition) is 3. The lowest BCUT2D eigenvalue weighted by Crippen LogP contribution is -2.33. The zero-order chi connectivity index (χ0) is 19.1. The Kier molecular flexibility index (Phi) is 4.19. The molecular weight excluding hydrogens is 334 g/mol. The minimum absolute atomic E-state index is 0.0244. The molecular formula is C23H23N3O. The number of pyridine rings is 1. The molecule has 0 bridgehead atoms. The summed E-state index contributed by atoms with van der Waals surface area (Å²) in [6.07, 6.45) is 1.46. The first-order valence-electron chi connectivity index (χ1n) is 9.15. The molecule has 2 heterocycles. The molecule has 4 heteroatoms. The zero-order valence-electron chi connectivity index (χ0n) is 16.1. The molecule has 1 aromatic heterocycles. The number of carbonyl (C=O) groups is 1. The standard InChI is InChI=1S/C23H23N3O/c1-14-9-10-24-20(13-14)26-22(18-7-5-6-8-19(18)23(26)27)25-21-16(3)11-15(2)12-17(21)4/h5-13,22,25H,1-4H3/t22-/m0/s1. The average Bonchev–Trinajstić information content (AvgIpc) is 2.90. The first-order chi connectivity index (χ1) is 13.0. The molecule has 0 saturated heterocycles. The van der Waals surface area contributed by atoms with Crippen molar-refractivity contribution < 1.29 is 4.79 Å². The summed E-state index contributed by atoms with van der Waals surface area (Å²) in [6.45, 7) is 8.30. The number of anilines is 2. The van der Waals surface area contributed by atoms with E-state index in [9.17, 15) is 4.79 Å². The zero-order valence-corrected chi connectivity index (χ0v) is 16.1. The lowest BCUT2D eigenvalue weighted by atomic mass is 10.0. The summed E-state index contributed by atoms with van der Waals surface area (Å²) < 4.78 is 0. The molecule has 1 amide bonds. The van der Waals surface area contributed by atoms with Crippen LogP contribution in [0.5, 0.6) is 0 Å². The number of nitrogens with zero attached hydrogens (tertiary/aromatic N) is 2. The fourth-order valence-electron chi connectivity index (χ4n) is 3.89. The highest BCUT2D eigenvalue weighted by Gasteiger charge is 2.38. The van der Waals surface area contributed by atoms with Crippen LogP contribution in [-0.2, 0) is 0 Å². The number of fused-ring (bicyclic) bond motifs is 1. The molecule has 136 valence electrons. The van der Waals surface area contributed by atoms with Gasteiger partial charge in [-0.15, -0.1) is 0 Å². The fourth-order valence-corrected chi connectivity index (χ4v) is 3.89. The molecule has 1 aliphatic heterocycles. The number of rotatable bonds is 3. The van der Waals surface area contributed by atoms with Gasteiger partial charge in [0.05, 0.1) is 0 Å². The SMILES string of the molecule is Cc1ccnc(N2C(=O)c3ccccc3[C@H]2Nc2c(C)cc(C)cc2C)c1. The van der Waals surface area contributed by atoms with Crippen molar-refractivity contribution in [1.82, 2.24) is 4.98 Å². The van der Waals surface area contributed by atoms with Gasteiger partial charge in [-0.05, 0) is 62.6 Å². The first kappa shape index (κ1) is 17.3. The van der Waals surface area contributed by atoms with Crippen LogP contribution in [-0.4, -0.2) is 10.9 Å². The quantitative estimate of drug-likeness (QED) is 0.710. The van der Waals surface area contributed by atoms with E-state index in [0.29, 0.717) is 5.82 Å². The van der Waals surface area contributed by atoms with Crippen molar-refractivity contribution in [2.75, 3.05) is 10.2 Å². The second-order valence-corrected chi connectivity index (χ2v) is 7.27. The molecule has 0 radical (unpaired) electrons. The molecule has 1 aliphatic rings. The lowest BCUT2D eigenvalue weighted by Gasteiger charge is -2.28. The average molecular weight is 357 g/mol. The van der Waals surface area contributed by atoms with Gasteiger partial charge >= 0.3 is 0 Å². The van der Waals surface area contributed by atoms with Crippen molar-refractivity contribution in [3.05, 3.63) is 88.1 Å². The predicted molar refractivity (Wildman–Crippen MR) is 109 cm³/mol. The van der Waals surface area contributed by atoms with Gasteiger partial charge in [0.25, 0.3) is 5.91 Å². The summed E-state index contributed by atoms with van der Waals surface area (Å²) in [5, 5.41) is 3.62. The van der Waals surface area contributed by atoms with E-state index in [0.717, 1.165) is 22.4 Å². The smallest absolute Gasteiger partial charge is 0.261 e. The van der Waals surface area contributed by atoms with Crippen molar-refractivity contribution in [2.45, 2.75) is 33.9 Å². The highest BCUT2D eigenvalue weighted by Crippen LogP contribution is 2.38. The molecule has 0 aliphatic carbocycles. The molecule has 1 atom stereocenters. The van der Waals surface area contributed by atoms with Crippen molar-refractivity contribution in [2.24, 2.45) is 0 Å². The summed E-state index contributed by atoms with van der Waals surface area (Å²) in [4.78, 5) is 19.4. The molecule has 0 spiro atoms. The van der Waals surface area contributed by atoms with Crippen LogP contribution in [0.25, 0.3) is 0 Å². The van der Waals surface area contributed by atoms with Gasteiger partial charge in [0, 0.05) is 23.0 Å². The van der Waals surface area contributed by atoms with Gasteiger partial charge in [-0.1, -0.05) is 35.9 Å². The lowest BCUT2D eigenvalue weighted by molar-refractivity contribution is 0.0992. The van der Waals surface area contributed by atoms with Crippen LogP contribution in [0.15, 0.2) is 54.7 Å². The molecule has 4 nitrogen and oxygen atoms in total. The Morgan fingerprint density at radius 2 is 1.63 bits per heavy atom. The summed E-state index contributed by atoms with van der Waals surface area (Å²) in [5.41, 5.74) is 7.41. The molecule has 1 N–H and O–H groups in total. The van der Waals surface area contributed by atoms with E-state index < -0.39 is 0 Å². The monoisotopic (exact) mass is 357 g/mol. The molecule has 4 rings (SSSR count). The van der Waals surface area contributed by atoms with Crippen LogP contribution in [0.2, 0.25) is 0 Å². The highest BCUT2D eigenvalue weighted by atomic mass is 16.2. The third-order valence-electron chi connectivity index (χ3n) is 5.07. The summed E-state index contributed by atoms with van der Waals surface area (Å²) in [7, 11) is 0. The number of nitrogens with one attached hydrogen (secondary N) is 1. The summed E-state index contributed by atoms with van der Waals surface area (Å²) in [5.74, 6) is 0.639. The number of carbonyl (C=O) groups excluding carboxylic acids is 1. The summed E-state index contributed by atoms with van der Waals surface area (Å²) in [6, 6.07) is 16.0. The maximum atomic E-state index is 13.2. The van der Waals surface area contributed by atoms with Crippen LogP contribution in [0, 0.1) is 27.7 Å². The number of hydrogen-bond donors (Lipinski definition) is 1. The third kappa shape index (κ3) is 2.97. The van der Waals surface area contributed by atoms with Gasteiger partial charge in [0.15, 0.2) is 0 Å². The van der Waals surface area contributed by atoms with E-state index in [1.165, 1.54) is 16.7 Å². The summed E-state index contributed by atoms with van der Waals surface area (Å²) >= 11 is 0. The Morgan fingerprint density at radius 3 is 2.33 bits per heavy atom. The number of amides is 1. The van der Waals surface area contributed by atoms with Crippen molar-refractivity contribution >= 4 is 17.4 Å². The molecule has 0 saturated carbocycles. The van der Waals surface area contributed by atoms with E-state index in [2.05, 4.69) is 43.2 Å². The molecule has 2 aromatic carbocycles. The van der Waals surface area contributed by atoms with Gasteiger partial charge in [0.1, 0.15) is 12.0 Å². The molecule has 0 unspecified atom stereocenters. The predicted octanol–water partition coefficient (Wildman–Crippen LogP) is 5.09. The topological polar surface area (TPSA) is 45.2 Å². The van der Waals surface area contributed by atoms with Gasteiger partial charge < -0.3 is 5.32 Å². The van der Waals surface area contributed by atoms with Crippen LogP contribution in [0.4, 0.5) is 11.5 Å². The number of aromatic nitrogens is 1. The van der Waals surface area contributed by atoms with Crippen LogP contribution >= 0.6 is 0 Å². The van der Waals surface area contributed by atoms with Gasteiger partial charge in [-0.3, -0.25) is 9.69 Å². The van der Waals surface area contributed by atoms with E-state index >= 15 is 0 Å². The van der Waals surface area contributed by atoms with Crippen LogP contribution in [0.3, 0.4) is 0 Å². The Morgan fingerprint density at radius 1 is 0.926 bits per heavy atom. The third-order valence-corrected chi connectivity index (χ3v) is 5.07. The maximum absolute atomic E-state index is 13.2. The normalized spacial score (nSPS) is 15.8. The second-order valence-electron chi connectivity index (χ2n) is 7.27. The fraction of sp³-hybridized carbons (Fsp3) is 0.217. The van der Waals surface area contributed by atoms with E-state index in [1.54, 1.807) is 11.1 Å². The van der Waals surface area contributed by atoms with Gasteiger partial charge in [-0.25, -0.2) is 4.98 Å². The highest BCUT2D eigenvalue weighted by molar-refractivity contribution is 6.11. The molecule has 3 aromatic rings. The number of aryl methyl sites for hydroxylation is 4. The Labute approximate surface area is 159 Å². The van der Waals surface area contributed by atoms with Crippen molar-refractivity contribution in [3.8, 4) is 0 Å². The van der Waals surface area contributed by atoms with E-state index in [4.69, 9.17) is 0 Å². The Balaban J connectivity index is 1.83. The molecule has 27 heavy (non-hydrogen) atoms. The minimum Gasteiger partial charge on any atom is -0.361 e. The Bertz CT molecular complexity index is 1020. The molecule has 0 fully saturated rings. The van der Waals surface area contributed by atoms with Crippen molar-refractivity contribution in [1.29, 1.82) is 0 Å².